The van der Waals surface area contributed by atoms with Crippen LogP contribution < -0.4 is 5.32 Å². The summed E-state index contributed by atoms with van der Waals surface area (Å²) in [7, 11) is -2.94. The SMILES string of the molecule is CNC(CCl)OS(=O)(=O)O. The predicted molar refractivity (Wildman–Crippen MR) is 36.2 cm³/mol. The molecule has 0 bridgehead atoms. The summed E-state index contributed by atoms with van der Waals surface area (Å²) in [5.41, 5.74) is 0. The zero-order valence-corrected chi connectivity index (χ0v) is 6.82. The average Bonchev–Trinajstić information content (AvgIpc) is 1.81. The summed E-state index contributed by atoms with van der Waals surface area (Å²) in [6.07, 6.45) is -0.878. The molecule has 0 aliphatic heterocycles. The molecule has 0 saturated carbocycles. The molecule has 0 saturated heterocycles. The van der Waals surface area contributed by atoms with Crippen molar-refractivity contribution in [2.75, 3.05) is 12.9 Å². The normalized spacial score (nSPS) is 15.1. The predicted octanol–water partition coefficient (Wildman–Crippen LogP) is -0.410. The van der Waals surface area contributed by atoms with Crippen molar-refractivity contribution in [3.63, 3.8) is 0 Å². The fourth-order valence-electron chi connectivity index (χ4n) is 0.298. The molecule has 10 heavy (non-hydrogen) atoms. The van der Waals surface area contributed by atoms with E-state index in [-0.39, 0.29) is 5.88 Å². The van der Waals surface area contributed by atoms with Gasteiger partial charge in [0, 0.05) is 0 Å². The Hall–Kier alpha value is 0.120. The molecule has 0 fully saturated rings. The Kier molecular flexibility index (Phi) is 4.14. The Bertz CT molecular complexity index is 175. The second kappa shape index (κ2) is 4.09. The third kappa shape index (κ3) is 4.95. The summed E-state index contributed by atoms with van der Waals surface area (Å²) in [6.45, 7) is 0. The van der Waals surface area contributed by atoms with Crippen LogP contribution in [0.25, 0.3) is 0 Å². The largest absolute Gasteiger partial charge is 0.398 e. The van der Waals surface area contributed by atoms with Crippen LogP contribution in [0.4, 0.5) is 0 Å². The van der Waals surface area contributed by atoms with Gasteiger partial charge in [-0.2, -0.15) is 8.42 Å². The molecule has 7 heteroatoms. The van der Waals surface area contributed by atoms with E-state index in [0.717, 1.165) is 0 Å². The Morgan fingerprint density at radius 1 is 1.80 bits per heavy atom. The lowest BCUT2D eigenvalue weighted by atomic mass is 10.7. The lowest BCUT2D eigenvalue weighted by Gasteiger charge is -2.09. The van der Waals surface area contributed by atoms with E-state index in [1.807, 2.05) is 0 Å². The zero-order valence-electron chi connectivity index (χ0n) is 5.24. The van der Waals surface area contributed by atoms with Gasteiger partial charge >= 0.3 is 10.4 Å². The first-order valence-corrected chi connectivity index (χ1v) is 4.28. The minimum Gasteiger partial charge on any atom is -0.293 e. The lowest BCUT2D eigenvalue weighted by Crippen LogP contribution is -2.32. The van der Waals surface area contributed by atoms with Crippen LogP contribution in [0, 0.1) is 0 Å². The van der Waals surface area contributed by atoms with Gasteiger partial charge in [-0.3, -0.25) is 9.87 Å². The van der Waals surface area contributed by atoms with Gasteiger partial charge in [0.1, 0.15) is 6.23 Å². The molecule has 0 aliphatic rings. The van der Waals surface area contributed by atoms with Crippen LogP contribution in [0.1, 0.15) is 0 Å². The Morgan fingerprint density at radius 3 is 2.40 bits per heavy atom. The maximum Gasteiger partial charge on any atom is 0.398 e. The number of hydrogen-bond donors (Lipinski definition) is 2. The third-order valence-electron chi connectivity index (χ3n) is 0.700. The van der Waals surface area contributed by atoms with Crippen molar-refractivity contribution >= 4 is 22.0 Å². The van der Waals surface area contributed by atoms with E-state index in [4.69, 9.17) is 16.2 Å². The van der Waals surface area contributed by atoms with Crippen LogP contribution in [0.2, 0.25) is 0 Å². The van der Waals surface area contributed by atoms with Crippen molar-refractivity contribution in [2.24, 2.45) is 0 Å². The summed E-state index contributed by atoms with van der Waals surface area (Å²) >= 11 is 5.21. The molecule has 1 unspecified atom stereocenters. The van der Waals surface area contributed by atoms with E-state index in [2.05, 4.69) is 9.50 Å². The summed E-state index contributed by atoms with van der Waals surface area (Å²) in [4.78, 5) is 0. The molecule has 5 nitrogen and oxygen atoms in total. The van der Waals surface area contributed by atoms with Gasteiger partial charge in [0.25, 0.3) is 0 Å². The second-order valence-corrected chi connectivity index (χ2v) is 2.81. The summed E-state index contributed by atoms with van der Waals surface area (Å²) < 4.78 is 32.1. The van der Waals surface area contributed by atoms with E-state index in [1.165, 1.54) is 7.05 Å². The molecular weight excluding hydrogens is 182 g/mol. The molecule has 0 aromatic rings. The molecule has 1 atom stereocenters. The number of nitrogens with one attached hydrogen (secondary N) is 1. The molecule has 0 spiro atoms. The highest BCUT2D eigenvalue weighted by atomic mass is 35.5. The van der Waals surface area contributed by atoms with Gasteiger partial charge in [0.2, 0.25) is 0 Å². The van der Waals surface area contributed by atoms with Crippen molar-refractivity contribution < 1.29 is 17.2 Å². The van der Waals surface area contributed by atoms with Crippen LogP contribution in [0.15, 0.2) is 0 Å². The van der Waals surface area contributed by atoms with Crippen molar-refractivity contribution in [3.05, 3.63) is 0 Å². The summed E-state index contributed by atoms with van der Waals surface area (Å²) in [5, 5.41) is 2.41. The molecule has 2 N–H and O–H groups in total. The van der Waals surface area contributed by atoms with Crippen molar-refractivity contribution in [1.82, 2.24) is 5.32 Å². The van der Waals surface area contributed by atoms with Gasteiger partial charge in [-0.05, 0) is 7.05 Å². The monoisotopic (exact) mass is 189 g/mol. The molecular formula is C3H8ClNO4S. The van der Waals surface area contributed by atoms with Gasteiger partial charge in [-0.25, -0.2) is 4.18 Å². The topological polar surface area (TPSA) is 75.6 Å². The Balaban J connectivity index is 3.87. The van der Waals surface area contributed by atoms with E-state index in [1.54, 1.807) is 0 Å². The van der Waals surface area contributed by atoms with E-state index >= 15 is 0 Å². The van der Waals surface area contributed by atoms with Crippen molar-refractivity contribution in [3.8, 4) is 0 Å². The summed E-state index contributed by atoms with van der Waals surface area (Å²) in [5.74, 6) is -0.0592. The molecule has 0 heterocycles. The molecule has 0 aromatic heterocycles. The van der Waals surface area contributed by atoms with Crippen LogP contribution in [0.5, 0.6) is 0 Å². The number of halogens is 1. The first-order valence-electron chi connectivity index (χ1n) is 2.38. The third-order valence-corrected chi connectivity index (χ3v) is 1.46. The molecule has 0 aromatic carbocycles. The number of hydrogen-bond acceptors (Lipinski definition) is 4. The maximum atomic E-state index is 9.99. The smallest absolute Gasteiger partial charge is 0.293 e. The van der Waals surface area contributed by atoms with E-state index in [0.29, 0.717) is 0 Å². The fourth-order valence-corrected chi connectivity index (χ4v) is 1.05. The fraction of sp³-hybridized carbons (Fsp3) is 1.00. The van der Waals surface area contributed by atoms with E-state index < -0.39 is 16.6 Å². The van der Waals surface area contributed by atoms with Crippen LogP contribution in [-0.4, -0.2) is 32.1 Å². The van der Waals surface area contributed by atoms with Crippen LogP contribution in [-0.2, 0) is 14.6 Å². The van der Waals surface area contributed by atoms with Gasteiger partial charge in [-0.15, -0.1) is 11.6 Å². The highest BCUT2D eigenvalue weighted by Crippen LogP contribution is 1.95. The number of rotatable bonds is 4. The van der Waals surface area contributed by atoms with Gasteiger partial charge in [-0.1, -0.05) is 0 Å². The first-order chi connectivity index (χ1) is 4.49. The highest BCUT2D eigenvalue weighted by molar-refractivity contribution is 7.80. The molecule has 0 radical (unpaired) electrons. The van der Waals surface area contributed by atoms with E-state index in [9.17, 15) is 8.42 Å². The average molecular weight is 190 g/mol. The first kappa shape index (κ1) is 10.1. The van der Waals surface area contributed by atoms with Gasteiger partial charge < -0.3 is 0 Å². The molecule has 0 aliphatic carbocycles. The minimum absolute atomic E-state index is 0.0592. The van der Waals surface area contributed by atoms with Gasteiger partial charge in [0.05, 0.1) is 5.88 Å². The standard InChI is InChI=1S/C3H8ClNO4S/c1-5-3(2-4)9-10(6,7)8/h3,5H,2H2,1H3,(H,6,7,8). The zero-order chi connectivity index (χ0) is 8.20. The second-order valence-electron chi connectivity index (χ2n) is 1.46. The minimum atomic E-state index is -4.39. The van der Waals surface area contributed by atoms with Crippen molar-refractivity contribution in [2.45, 2.75) is 6.23 Å². The highest BCUT2D eigenvalue weighted by Gasteiger charge is 2.12. The Labute approximate surface area is 64.3 Å². The molecule has 62 valence electrons. The maximum absolute atomic E-state index is 9.99. The van der Waals surface area contributed by atoms with Crippen molar-refractivity contribution in [1.29, 1.82) is 0 Å². The van der Waals surface area contributed by atoms with Crippen LogP contribution in [0.3, 0.4) is 0 Å². The Morgan fingerprint density at radius 2 is 2.30 bits per heavy atom. The molecule has 0 amide bonds. The number of alkyl halides is 1. The van der Waals surface area contributed by atoms with Gasteiger partial charge in [0.15, 0.2) is 0 Å². The van der Waals surface area contributed by atoms with Crippen LogP contribution >= 0.6 is 11.6 Å². The lowest BCUT2D eigenvalue weighted by molar-refractivity contribution is 0.177. The molecule has 0 rings (SSSR count). The summed E-state index contributed by atoms with van der Waals surface area (Å²) in [6, 6.07) is 0. The quantitative estimate of drug-likeness (QED) is 0.357.